The van der Waals surface area contributed by atoms with Crippen molar-refractivity contribution in [2.24, 2.45) is 4.99 Å². The highest BCUT2D eigenvalue weighted by Gasteiger charge is 2.22. The van der Waals surface area contributed by atoms with E-state index in [9.17, 15) is 0 Å². The summed E-state index contributed by atoms with van der Waals surface area (Å²) < 4.78 is 6.09. The van der Waals surface area contributed by atoms with Crippen molar-refractivity contribution in [3.8, 4) is 5.75 Å². The van der Waals surface area contributed by atoms with Crippen LogP contribution in [0.5, 0.6) is 5.75 Å². The van der Waals surface area contributed by atoms with Crippen molar-refractivity contribution < 1.29 is 4.74 Å². The van der Waals surface area contributed by atoms with Crippen molar-refractivity contribution in [1.29, 1.82) is 0 Å². The predicted octanol–water partition coefficient (Wildman–Crippen LogP) is 3.61. The van der Waals surface area contributed by atoms with Gasteiger partial charge in [0.25, 0.3) is 0 Å². The van der Waals surface area contributed by atoms with Gasteiger partial charge in [0.1, 0.15) is 11.9 Å². The molecule has 0 aromatic heterocycles. The first-order valence-electron chi connectivity index (χ1n) is 10.4. The molecule has 1 aromatic rings. The molecule has 1 fully saturated rings. The topological polar surface area (TPSA) is 40.1 Å². The van der Waals surface area contributed by atoms with Crippen LogP contribution in [-0.2, 0) is 0 Å². The quantitative estimate of drug-likeness (QED) is 0.429. The van der Waals surface area contributed by atoms with Crippen molar-refractivity contribution in [3.63, 3.8) is 0 Å². The second kappa shape index (κ2) is 11.2. The zero-order valence-corrected chi connectivity index (χ0v) is 17.8. The summed E-state index contributed by atoms with van der Waals surface area (Å²) in [5, 5.41) is 3.55. The van der Waals surface area contributed by atoms with Crippen LogP contribution in [0, 0.1) is 0 Å². The number of benzene rings is 1. The zero-order chi connectivity index (χ0) is 19.6. The number of hydrogen-bond acceptors (Lipinski definition) is 3. The monoisotopic (exact) mass is 374 g/mol. The summed E-state index contributed by atoms with van der Waals surface area (Å²) in [6.45, 7) is 13.1. The molecule has 1 heterocycles. The first-order valence-corrected chi connectivity index (χ1v) is 10.4. The minimum atomic E-state index is 0.299. The predicted molar refractivity (Wildman–Crippen MR) is 115 cm³/mol. The molecule has 5 heteroatoms. The number of hydrogen-bond donors (Lipinski definition) is 1. The Kier molecular flexibility index (Phi) is 8.92. The van der Waals surface area contributed by atoms with E-state index in [1.165, 1.54) is 0 Å². The van der Waals surface area contributed by atoms with Gasteiger partial charge in [0, 0.05) is 58.2 Å². The summed E-state index contributed by atoms with van der Waals surface area (Å²) in [5.41, 5.74) is 0. The average Bonchev–Trinajstić information content (AvgIpc) is 2.66. The van der Waals surface area contributed by atoms with E-state index in [4.69, 9.17) is 4.74 Å². The van der Waals surface area contributed by atoms with Gasteiger partial charge in [-0.1, -0.05) is 18.2 Å². The molecule has 0 atom stereocenters. The van der Waals surface area contributed by atoms with E-state index < -0.39 is 0 Å². The summed E-state index contributed by atoms with van der Waals surface area (Å²) in [6.07, 6.45) is 3.49. The molecule has 27 heavy (non-hydrogen) atoms. The fourth-order valence-corrected chi connectivity index (χ4v) is 3.78. The number of aliphatic imine (C=N–C) groups is 1. The number of ether oxygens (including phenoxy) is 1. The molecule has 0 amide bonds. The normalized spacial score (nSPS) is 16.4. The standard InChI is InChI=1S/C22H38N4O/c1-18(2)26(19(3)4)15-9-14-24-22(23-5)25-16-12-21(13-17-25)27-20-10-7-6-8-11-20/h6-8,10-11,18-19,21H,9,12-17H2,1-5H3,(H,23,24). The van der Waals surface area contributed by atoms with E-state index in [1.807, 2.05) is 37.4 Å². The molecule has 0 saturated carbocycles. The number of piperidine rings is 1. The Balaban J connectivity index is 1.70. The molecule has 5 nitrogen and oxygen atoms in total. The minimum absolute atomic E-state index is 0.299. The van der Waals surface area contributed by atoms with Crippen LogP contribution in [0.3, 0.4) is 0 Å². The number of para-hydroxylation sites is 1. The molecule has 1 saturated heterocycles. The first kappa shape index (κ1) is 21.5. The molecule has 1 N–H and O–H groups in total. The lowest BCUT2D eigenvalue weighted by Gasteiger charge is -2.34. The van der Waals surface area contributed by atoms with Crippen LogP contribution in [-0.4, -0.2) is 67.2 Å². The molecule has 0 bridgehead atoms. The summed E-state index contributed by atoms with van der Waals surface area (Å²) in [5.74, 6) is 1.99. The lowest BCUT2D eigenvalue weighted by Crippen LogP contribution is -2.48. The van der Waals surface area contributed by atoms with Gasteiger partial charge in [-0.15, -0.1) is 0 Å². The van der Waals surface area contributed by atoms with Gasteiger partial charge in [-0.3, -0.25) is 9.89 Å². The number of guanidine groups is 1. The Labute approximate surface area is 165 Å². The van der Waals surface area contributed by atoms with Crippen LogP contribution < -0.4 is 10.1 Å². The molecule has 0 radical (unpaired) electrons. The zero-order valence-electron chi connectivity index (χ0n) is 17.8. The van der Waals surface area contributed by atoms with Crippen molar-refractivity contribution in [2.75, 3.05) is 33.2 Å². The van der Waals surface area contributed by atoms with Gasteiger partial charge < -0.3 is 15.0 Å². The number of nitrogens with one attached hydrogen (secondary N) is 1. The van der Waals surface area contributed by atoms with Gasteiger partial charge in [0.15, 0.2) is 5.96 Å². The Hall–Kier alpha value is -1.75. The molecule has 0 aliphatic carbocycles. The Morgan fingerprint density at radius 3 is 2.33 bits per heavy atom. The van der Waals surface area contributed by atoms with Gasteiger partial charge in [-0.25, -0.2) is 0 Å². The highest BCUT2D eigenvalue weighted by molar-refractivity contribution is 5.79. The second-order valence-electron chi connectivity index (χ2n) is 7.87. The summed E-state index contributed by atoms with van der Waals surface area (Å²) in [7, 11) is 1.88. The maximum Gasteiger partial charge on any atom is 0.193 e. The maximum atomic E-state index is 6.09. The SMILES string of the molecule is CN=C(NCCCN(C(C)C)C(C)C)N1CCC(Oc2ccccc2)CC1. The molecular formula is C22H38N4O. The third kappa shape index (κ3) is 7.06. The molecule has 0 unspecified atom stereocenters. The lowest BCUT2D eigenvalue weighted by atomic mass is 10.1. The Bertz CT molecular complexity index is 543. The molecule has 1 aliphatic heterocycles. The smallest absolute Gasteiger partial charge is 0.193 e. The third-order valence-corrected chi connectivity index (χ3v) is 5.20. The average molecular weight is 375 g/mol. The van der Waals surface area contributed by atoms with Crippen molar-refractivity contribution >= 4 is 5.96 Å². The van der Waals surface area contributed by atoms with Gasteiger partial charge >= 0.3 is 0 Å². The highest BCUT2D eigenvalue weighted by atomic mass is 16.5. The number of likely N-dealkylation sites (tertiary alicyclic amines) is 1. The molecule has 1 aromatic carbocycles. The molecule has 0 spiro atoms. The molecular weight excluding hydrogens is 336 g/mol. The Morgan fingerprint density at radius 1 is 1.15 bits per heavy atom. The van der Waals surface area contributed by atoms with Crippen LogP contribution in [0.4, 0.5) is 0 Å². The van der Waals surface area contributed by atoms with E-state index >= 15 is 0 Å². The summed E-state index contributed by atoms with van der Waals surface area (Å²) in [4.78, 5) is 9.38. The third-order valence-electron chi connectivity index (χ3n) is 5.20. The van der Waals surface area contributed by atoms with Crippen LogP contribution in [0.15, 0.2) is 35.3 Å². The maximum absolute atomic E-state index is 6.09. The van der Waals surface area contributed by atoms with Crippen LogP contribution in [0.1, 0.15) is 47.0 Å². The van der Waals surface area contributed by atoms with Crippen LogP contribution in [0.2, 0.25) is 0 Å². The van der Waals surface area contributed by atoms with Gasteiger partial charge in [0.05, 0.1) is 0 Å². The van der Waals surface area contributed by atoms with Crippen molar-refractivity contribution in [1.82, 2.24) is 15.1 Å². The molecule has 152 valence electrons. The molecule has 1 aliphatic rings. The van der Waals surface area contributed by atoms with Crippen LogP contribution in [0.25, 0.3) is 0 Å². The highest BCUT2D eigenvalue weighted by Crippen LogP contribution is 2.18. The largest absolute Gasteiger partial charge is 0.490 e. The van der Waals surface area contributed by atoms with Crippen molar-refractivity contribution in [2.45, 2.75) is 65.1 Å². The number of nitrogens with zero attached hydrogens (tertiary/aromatic N) is 3. The van der Waals surface area contributed by atoms with E-state index in [-0.39, 0.29) is 0 Å². The summed E-state index contributed by atoms with van der Waals surface area (Å²) in [6, 6.07) is 11.3. The van der Waals surface area contributed by atoms with E-state index in [0.29, 0.717) is 18.2 Å². The fourth-order valence-electron chi connectivity index (χ4n) is 3.78. The fraction of sp³-hybridized carbons (Fsp3) is 0.682. The first-order chi connectivity index (χ1) is 13.0. The van der Waals surface area contributed by atoms with Gasteiger partial charge in [-0.05, 0) is 46.2 Å². The lowest BCUT2D eigenvalue weighted by molar-refractivity contribution is 0.129. The Morgan fingerprint density at radius 2 is 1.78 bits per heavy atom. The minimum Gasteiger partial charge on any atom is -0.490 e. The molecule has 2 rings (SSSR count). The van der Waals surface area contributed by atoms with Gasteiger partial charge in [-0.2, -0.15) is 0 Å². The summed E-state index contributed by atoms with van der Waals surface area (Å²) >= 11 is 0. The van der Waals surface area contributed by atoms with E-state index in [0.717, 1.165) is 57.2 Å². The number of rotatable bonds is 8. The van der Waals surface area contributed by atoms with E-state index in [1.54, 1.807) is 0 Å². The van der Waals surface area contributed by atoms with E-state index in [2.05, 4.69) is 47.8 Å². The van der Waals surface area contributed by atoms with Crippen LogP contribution >= 0.6 is 0 Å². The second-order valence-corrected chi connectivity index (χ2v) is 7.87. The van der Waals surface area contributed by atoms with Crippen molar-refractivity contribution in [3.05, 3.63) is 30.3 Å². The van der Waals surface area contributed by atoms with Gasteiger partial charge in [0.2, 0.25) is 0 Å².